The second kappa shape index (κ2) is 7.31. The lowest BCUT2D eigenvalue weighted by Crippen LogP contribution is -1.81. The lowest BCUT2D eigenvalue weighted by Gasteiger charge is -2.01. The Hall–Kier alpha value is -1.11. The first kappa shape index (κ1) is 12.9. The molecular formula is C13H21N. The van der Waals surface area contributed by atoms with Crippen LogP contribution in [0.1, 0.15) is 38.8 Å². The number of aryl methyl sites for hydroxylation is 2. The van der Waals surface area contributed by atoms with Crippen LogP contribution in [0.25, 0.3) is 0 Å². The lowest BCUT2D eigenvalue weighted by molar-refractivity contribution is 1.13. The largest absolute Gasteiger partial charge is 0.261 e. The van der Waals surface area contributed by atoms with E-state index in [2.05, 4.69) is 37.0 Å². The van der Waals surface area contributed by atoms with Gasteiger partial charge in [0.2, 0.25) is 0 Å². The average molecular weight is 191 g/mol. The normalized spacial score (nSPS) is 9.79. The van der Waals surface area contributed by atoms with Crippen molar-refractivity contribution in [2.45, 2.75) is 41.0 Å². The summed E-state index contributed by atoms with van der Waals surface area (Å²) in [4.78, 5) is 4.26. The van der Waals surface area contributed by atoms with Gasteiger partial charge in [0.25, 0.3) is 0 Å². The molecule has 0 N–H and O–H groups in total. The number of nitrogens with zero attached hydrogens (tertiary/aromatic N) is 1. The molecule has 1 rings (SSSR count). The van der Waals surface area contributed by atoms with E-state index in [9.17, 15) is 0 Å². The van der Waals surface area contributed by atoms with Crippen LogP contribution < -0.4 is 0 Å². The summed E-state index contributed by atoms with van der Waals surface area (Å²) in [5.74, 6) is 0. The molecule has 1 aromatic rings. The Balaban J connectivity index is 0.000000791. The quantitative estimate of drug-likeness (QED) is 0.618. The van der Waals surface area contributed by atoms with Crippen LogP contribution in [0.2, 0.25) is 0 Å². The van der Waals surface area contributed by atoms with E-state index in [1.807, 2.05) is 27.0 Å². The number of benzene rings is 1. The molecule has 1 aromatic carbocycles. The second-order valence-electron chi connectivity index (χ2n) is 2.86. The van der Waals surface area contributed by atoms with Gasteiger partial charge in [-0.25, -0.2) is 0 Å². The molecule has 1 nitrogen and oxygen atoms in total. The number of hydrogen-bond acceptors (Lipinski definition) is 1. The average Bonchev–Trinajstić information content (AvgIpc) is 2.24. The van der Waals surface area contributed by atoms with Gasteiger partial charge in [0.05, 0.1) is 5.69 Å². The third-order valence-electron chi connectivity index (χ3n) is 1.94. The van der Waals surface area contributed by atoms with Gasteiger partial charge in [-0.1, -0.05) is 32.9 Å². The predicted molar refractivity (Wildman–Crippen MR) is 65.7 cm³/mol. The second-order valence-corrected chi connectivity index (χ2v) is 2.86. The molecule has 0 atom stereocenters. The molecule has 1 heteroatoms. The fourth-order valence-electron chi connectivity index (χ4n) is 1.22. The molecule has 14 heavy (non-hydrogen) atoms. The van der Waals surface area contributed by atoms with Crippen molar-refractivity contribution in [3.63, 3.8) is 0 Å². The van der Waals surface area contributed by atoms with Crippen molar-refractivity contribution < 1.29 is 0 Å². The van der Waals surface area contributed by atoms with Crippen molar-refractivity contribution in [3.05, 3.63) is 29.3 Å². The van der Waals surface area contributed by atoms with Gasteiger partial charge in [0.15, 0.2) is 0 Å². The first-order valence-corrected chi connectivity index (χ1v) is 5.36. The molecule has 0 radical (unpaired) electrons. The summed E-state index contributed by atoms with van der Waals surface area (Å²) in [5.41, 5.74) is 3.71. The fourth-order valence-corrected chi connectivity index (χ4v) is 1.22. The van der Waals surface area contributed by atoms with E-state index in [0.717, 1.165) is 12.1 Å². The lowest BCUT2D eigenvalue weighted by atomic mass is 10.1. The molecule has 0 saturated carbocycles. The van der Waals surface area contributed by atoms with Gasteiger partial charge >= 0.3 is 0 Å². The molecule has 0 saturated heterocycles. The van der Waals surface area contributed by atoms with Crippen LogP contribution in [-0.2, 0) is 6.42 Å². The van der Waals surface area contributed by atoms with Crippen molar-refractivity contribution in [2.24, 2.45) is 4.99 Å². The Morgan fingerprint density at radius 2 is 1.93 bits per heavy atom. The van der Waals surface area contributed by atoms with E-state index in [1.165, 1.54) is 11.1 Å². The van der Waals surface area contributed by atoms with Gasteiger partial charge in [0.1, 0.15) is 0 Å². The highest BCUT2D eigenvalue weighted by Crippen LogP contribution is 2.19. The molecule has 78 valence electrons. The van der Waals surface area contributed by atoms with Gasteiger partial charge in [-0.3, -0.25) is 4.99 Å². The number of hydrogen-bond donors (Lipinski definition) is 0. The van der Waals surface area contributed by atoms with E-state index >= 15 is 0 Å². The van der Waals surface area contributed by atoms with Gasteiger partial charge < -0.3 is 0 Å². The first-order chi connectivity index (χ1) is 6.77. The molecule has 0 spiro atoms. The van der Waals surface area contributed by atoms with E-state index in [1.54, 1.807) is 0 Å². The summed E-state index contributed by atoms with van der Waals surface area (Å²) < 4.78 is 0. The van der Waals surface area contributed by atoms with Crippen LogP contribution in [0.4, 0.5) is 5.69 Å². The summed E-state index contributed by atoms with van der Waals surface area (Å²) in [7, 11) is 0. The number of rotatable bonds is 2. The summed E-state index contributed by atoms with van der Waals surface area (Å²) in [6.45, 7) is 10.2. The van der Waals surface area contributed by atoms with E-state index < -0.39 is 0 Å². The molecule has 0 unspecified atom stereocenters. The minimum Gasteiger partial charge on any atom is -0.261 e. The van der Waals surface area contributed by atoms with E-state index in [-0.39, 0.29) is 0 Å². The molecule has 0 aliphatic heterocycles. The van der Waals surface area contributed by atoms with Gasteiger partial charge in [-0.05, 0) is 37.5 Å². The monoisotopic (exact) mass is 191 g/mol. The SMILES string of the molecule is CC.CC=Nc1ccc(CC)cc1C. The third kappa shape index (κ3) is 3.73. The summed E-state index contributed by atoms with van der Waals surface area (Å²) in [6.07, 6.45) is 2.92. The Morgan fingerprint density at radius 3 is 2.36 bits per heavy atom. The van der Waals surface area contributed by atoms with E-state index in [4.69, 9.17) is 0 Å². The zero-order chi connectivity index (χ0) is 11.0. The Kier molecular flexibility index (Phi) is 6.73. The zero-order valence-electron chi connectivity index (χ0n) is 9.96. The van der Waals surface area contributed by atoms with Crippen molar-refractivity contribution >= 4 is 11.9 Å². The smallest absolute Gasteiger partial charge is 0.0654 e. The molecule has 0 bridgehead atoms. The van der Waals surface area contributed by atoms with Gasteiger partial charge in [0, 0.05) is 6.21 Å². The predicted octanol–water partition coefficient (Wildman–Crippen LogP) is 4.31. The molecular weight excluding hydrogens is 170 g/mol. The minimum absolute atomic E-state index is 1.08. The Bertz CT molecular complexity index is 287. The van der Waals surface area contributed by atoms with Crippen molar-refractivity contribution in [1.82, 2.24) is 0 Å². The topological polar surface area (TPSA) is 12.4 Å². The first-order valence-electron chi connectivity index (χ1n) is 5.36. The molecule has 0 aromatic heterocycles. The fraction of sp³-hybridized carbons (Fsp3) is 0.462. The molecule has 0 heterocycles. The molecule has 0 aliphatic carbocycles. The highest BCUT2D eigenvalue weighted by Gasteiger charge is 1.95. The maximum atomic E-state index is 4.26. The van der Waals surface area contributed by atoms with Gasteiger partial charge in [-0.2, -0.15) is 0 Å². The van der Waals surface area contributed by atoms with Gasteiger partial charge in [-0.15, -0.1) is 0 Å². The van der Waals surface area contributed by atoms with E-state index in [0.29, 0.717) is 0 Å². The maximum Gasteiger partial charge on any atom is 0.0654 e. The maximum absolute atomic E-state index is 4.26. The van der Waals surface area contributed by atoms with Crippen LogP contribution in [-0.4, -0.2) is 6.21 Å². The van der Waals surface area contributed by atoms with Crippen LogP contribution >= 0.6 is 0 Å². The summed E-state index contributed by atoms with van der Waals surface area (Å²) >= 11 is 0. The minimum atomic E-state index is 1.08. The highest BCUT2D eigenvalue weighted by molar-refractivity contribution is 5.62. The van der Waals surface area contributed by atoms with Crippen LogP contribution in [0.3, 0.4) is 0 Å². The van der Waals surface area contributed by atoms with Crippen molar-refractivity contribution in [1.29, 1.82) is 0 Å². The summed E-state index contributed by atoms with van der Waals surface area (Å²) in [6, 6.07) is 6.41. The summed E-state index contributed by atoms with van der Waals surface area (Å²) in [5, 5.41) is 0. The Labute approximate surface area is 87.9 Å². The van der Waals surface area contributed by atoms with Crippen LogP contribution in [0, 0.1) is 6.92 Å². The third-order valence-corrected chi connectivity index (χ3v) is 1.94. The van der Waals surface area contributed by atoms with Crippen LogP contribution in [0.5, 0.6) is 0 Å². The van der Waals surface area contributed by atoms with Crippen molar-refractivity contribution in [3.8, 4) is 0 Å². The highest BCUT2D eigenvalue weighted by atomic mass is 14.7. The standard InChI is InChI=1S/C11H15N.C2H6/c1-4-10-6-7-11(12-5-2)9(3)8-10;1-2/h5-8H,4H2,1-3H3;1-2H3. The molecule has 0 aliphatic rings. The van der Waals surface area contributed by atoms with Crippen LogP contribution in [0.15, 0.2) is 23.2 Å². The zero-order valence-corrected chi connectivity index (χ0v) is 9.96. The van der Waals surface area contributed by atoms with Crippen molar-refractivity contribution in [2.75, 3.05) is 0 Å². The molecule has 0 fully saturated rings. The number of aliphatic imine (C=N–C) groups is 1. The molecule has 0 amide bonds. The Morgan fingerprint density at radius 1 is 1.29 bits per heavy atom.